The van der Waals surface area contributed by atoms with Gasteiger partial charge in [0.15, 0.2) is 5.88 Å². The molecule has 1 saturated carbocycles. The van der Waals surface area contributed by atoms with E-state index in [1.54, 1.807) is 4.68 Å². The molecule has 216 valence electrons. The lowest BCUT2D eigenvalue weighted by atomic mass is 9.97. The molecular weight excluding hydrogens is 528 g/mol. The third-order valence-electron chi connectivity index (χ3n) is 8.21. The average Bonchev–Trinajstić information content (AvgIpc) is 3.76. The summed E-state index contributed by atoms with van der Waals surface area (Å²) in [4.78, 5) is 15.5. The fourth-order valence-electron chi connectivity index (χ4n) is 6.32. The molecule has 0 unspecified atom stereocenters. The lowest BCUT2D eigenvalue weighted by Crippen LogP contribution is -2.52. The van der Waals surface area contributed by atoms with Gasteiger partial charge in [-0.15, -0.1) is 5.10 Å². The number of nitriles is 1. The predicted octanol–water partition coefficient (Wildman–Crippen LogP) is 4.81. The fraction of sp³-hybridized carbons (Fsp3) is 0.406. The standard InChI is InChI=1S/C32H36N8O2/c1-19-27-16-22(9-13-28(27)36-35-19)29-18-39(38-37-29)25-10-6-21(7-11-25)14-24(17-33)34-31(41)30-23-8-12-26(15-23)40(30)20(2)42-32(3,4)5/h6-7,9-11,13,16,18,23-24,26,30H,2,8,12,14-15H2,1,3-5H3,(H,34,41)(H,35,36)/t23-,24-,26+,30-/m0/s1. The van der Waals surface area contributed by atoms with Crippen LogP contribution in [0.2, 0.25) is 0 Å². The first-order valence-electron chi connectivity index (χ1n) is 14.4. The zero-order valence-corrected chi connectivity index (χ0v) is 24.5. The van der Waals surface area contributed by atoms with Crippen molar-refractivity contribution in [1.29, 1.82) is 5.26 Å². The van der Waals surface area contributed by atoms with E-state index >= 15 is 0 Å². The summed E-state index contributed by atoms with van der Waals surface area (Å²) < 4.78 is 7.77. The summed E-state index contributed by atoms with van der Waals surface area (Å²) in [5, 5.41) is 29.9. The molecule has 4 atom stereocenters. The van der Waals surface area contributed by atoms with Gasteiger partial charge in [-0.3, -0.25) is 9.89 Å². The zero-order chi connectivity index (χ0) is 29.6. The largest absolute Gasteiger partial charge is 0.474 e. The number of benzene rings is 2. The lowest BCUT2D eigenvalue weighted by molar-refractivity contribution is -0.130. The number of carbonyl (C=O) groups excluding carboxylic acids is 1. The molecule has 10 heteroatoms. The Bertz CT molecular complexity index is 1670. The Kier molecular flexibility index (Phi) is 6.97. The molecule has 6 rings (SSSR count). The minimum Gasteiger partial charge on any atom is -0.474 e. The number of nitrogens with zero attached hydrogens (tertiary/aromatic N) is 6. The zero-order valence-electron chi connectivity index (χ0n) is 24.5. The highest BCUT2D eigenvalue weighted by Crippen LogP contribution is 2.45. The van der Waals surface area contributed by atoms with Gasteiger partial charge in [-0.2, -0.15) is 10.4 Å². The summed E-state index contributed by atoms with van der Waals surface area (Å²) in [6.07, 6.45) is 5.27. The molecule has 0 spiro atoms. The molecule has 1 saturated heterocycles. The van der Waals surface area contributed by atoms with Crippen LogP contribution in [0.4, 0.5) is 0 Å². The van der Waals surface area contributed by atoms with Crippen LogP contribution in [0.25, 0.3) is 27.8 Å². The van der Waals surface area contributed by atoms with Gasteiger partial charge < -0.3 is 15.0 Å². The van der Waals surface area contributed by atoms with E-state index in [9.17, 15) is 10.1 Å². The summed E-state index contributed by atoms with van der Waals surface area (Å²) in [5.74, 6) is 0.641. The van der Waals surface area contributed by atoms with Gasteiger partial charge in [0.1, 0.15) is 23.4 Å². The second-order valence-electron chi connectivity index (χ2n) is 12.4. The highest BCUT2D eigenvalue weighted by molar-refractivity contribution is 5.86. The van der Waals surface area contributed by atoms with Crippen LogP contribution in [-0.4, -0.2) is 59.7 Å². The number of nitrogens with one attached hydrogen (secondary N) is 2. The monoisotopic (exact) mass is 564 g/mol. The lowest BCUT2D eigenvalue weighted by Gasteiger charge is -2.39. The normalized spacial score (nSPS) is 20.5. The molecule has 2 fully saturated rings. The SMILES string of the molecule is C=C(OC(C)(C)C)N1[C@@H]2CC[C@@H](C2)[C@H]1C(=O)N[C@H](C#N)Cc1ccc(-n2cc(-c3ccc4n[nH]c(C)c4c3)nn2)cc1. The molecule has 3 heterocycles. The number of aryl methyl sites for hydroxylation is 1. The molecule has 1 aliphatic carbocycles. The number of rotatable bonds is 8. The Morgan fingerprint density at radius 3 is 2.76 bits per heavy atom. The molecule has 10 nitrogen and oxygen atoms in total. The molecule has 2 aromatic heterocycles. The maximum Gasteiger partial charge on any atom is 0.244 e. The minimum absolute atomic E-state index is 0.136. The van der Waals surface area contributed by atoms with Crippen molar-refractivity contribution in [1.82, 2.24) is 35.4 Å². The molecule has 2 aromatic carbocycles. The summed E-state index contributed by atoms with van der Waals surface area (Å²) in [7, 11) is 0. The Labute approximate surface area is 245 Å². The molecule has 0 radical (unpaired) electrons. The molecule has 4 aromatic rings. The predicted molar refractivity (Wildman–Crippen MR) is 159 cm³/mol. The van der Waals surface area contributed by atoms with E-state index in [-0.39, 0.29) is 23.9 Å². The van der Waals surface area contributed by atoms with Crippen molar-refractivity contribution in [2.75, 3.05) is 0 Å². The summed E-state index contributed by atoms with van der Waals surface area (Å²) >= 11 is 0. The topological polar surface area (TPSA) is 125 Å². The van der Waals surface area contributed by atoms with Gasteiger partial charge in [0.25, 0.3) is 0 Å². The molecule has 2 aliphatic rings. The summed E-state index contributed by atoms with van der Waals surface area (Å²) in [6, 6.07) is 15.3. The molecule has 1 aliphatic heterocycles. The average molecular weight is 565 g/mol. The van der Waals surface area contributed by atoms with Gasteiger partial charge in [0.05, 0.1) is 23.5 Å². The van der Waals surface area contributed by atoms with E-state index in [0.29, 0.717) is 12.3 Å². The van der Waals surface area contributed by atoms with Gasteiger partial charge in [-0.05, 0) is 89.3 Å². The van der Waals surface area contributed by atoms with Crippen molar-refractivity contribution in [2.24, 2.45) is 5.92 Å². The second kappa shape index (κ2) is 10.6. The number of carbonyl (C=O) groups is 1. The highest BCUT2D eigenvalue weighted by atomic mass is 16.5. The van der Waals surface area contributed by atoms with Crippen molar-refractivity contribution in [3.8, 4) is 23.0 Å². The molecule has 1 amide bonds. The number of piperidine rings is 1. The molecule has 2 bridgehead atoms. The van der Waals surface area contributed by atoms with Gasteiger partial charge in [-0.1, -0.05) is 23.4 Å². The number of hydrogen-bond donors (Lipinski definition) is 2. The smallest absolute Gasteiger partial charge is 0.244 e. The molecule has 42 heavy (non-hydrogen) atoms. The first kappa shape index (κ1) is 27.5. The van der Waals surface area contributed by atoms with Crippen LogP contribution < -0.4 is 5.32 Å². The third-order valence-corrected chi connectivity index (χ3v) is 8.21. The van der Waals surface area contributed by atoms with Crippen LogP contribution in [0.5, 0.6) is 0 Å². The number of fused-ring (bicyclic) bond motifs is 3. The quantitative estimate of drug-likeness (QED) is 0.294. The second-order valence-corrected chi connectivity index (χ2v) is 12.4. The van der Waals surface area contributed by atoms with Crippen LogP contribution in [0.3, 0.4) is 0 Å². The Hall–Kier alpha value is -4.65. The van der Waals surface area contributed by atoms with E-state index in [0.717, 1.165) is 58.4 Å². The van der Waals surface area contributed by atoms with Crippen molar-refractivity contribution < 1.29 is 9.53 Å². The van der Waals surface area contributed by atoms with Crippen LogP contribution in [0.1, 0.15) is 51.3 Å². The molecular formula is C32H36N8O2. The molecule has 2 N–H and O–H groups in total. The van der Waals surface area contributed by atoms with E-state index in [1.165, 1.54) is 0 Å². The number of H-pyrrole nitrogens is 1. The number of aromatic nitrogens is 5. The van der Waals surface area contributed by atoms with Crippen LogP contribution in [0, 0.1) is 24.2 Å². The Morgan fingerprint density at radius 1 is 1.24 bits per heavy atom. The van der Waals surface area contributed by atoms with E-state index in [4.69, 9.17) is 4.74 Å². The summed E-state index contributed by atoms with van der Waals surface area (Å²) in [6.45, 7) is 12.1. The maximum absolute atomic E-state index is 13.5. The highest BCUT2D eigenvalue weighted by Gasteiger charge is 2.50. The Morgan fingerprint density at radius 2 is 2.02 bits per heavy atom. The maximum atomic E-state index is 13.5. The van der Waals surface area contributed by atoms with E-state index in [1.807, 2.05) is 75.2 Å². The van der Waals surface area contributed by atoms with Crippen LogP contribution >= 0.6 is 0 Å². The van der Waals surface area contributed by atoms with Crippen LogP contribution in [0.15, 0.2) is 61.1 Å². The van der Waals surface area contributed by atoms with Crippen molar-refractivity contribution in [2.45, 2.75) is 77.1 Å². The number of hydrogen-bond acceptors (Lipinski definition) is 7. The van der Waals surface area contributed by atoms with Gasteiger partial charge in [0.2, 0.25) is 5.91 Å². The number of ether oxygens (including phenoxy) is 1. The van der Waals surface area contributed by atoms with E-state index < -0.39 is 11.6 Å². The first-order chi connectivity index (χ1) is 20.1. The number of aromatic amines is 1. The van der Waals surface area contributed by atoms with E-state index in [2.05, 4.69) is 44.5 Å². The fourth-order valence-corrected chi connectivity index (χ4v) is 6.32. The van der Waals surface area contributed by atoms with Crippen molar-refractivity contribution >= 4 is 16.8 Å². The van der Waals surface area contributed by atoms with Gasteiger partial charge >= 0.3 is 0 Å². The first-order valence-corrected chi connectivity index (χ1v) is 14.4. The summed E-state index contributed by atoms with van der Waals surface area (Å²) in [5.41, 5.74) is 5.04. The van der Waals surface area contributed by atoms with Gasteiger partial charge in [0, 0.05) is 29.1 Å². The van der Waals surface area contributed by atoms with Crippen molar-refractivity contribution in [3.05, 3.63) is 72.4 Å². The Balaban J connectivity index is 1.11. The minimum atomic E-state index is -0.652. The van der Waals surface area contributed by atoms with Crippen LogP contribution in [-0.2, 0) is 16.0 Å². The number of likely N-dealkylation sites (tertiary alicyclic amines) is 1. The van der Waals surface area contributed by atoms with Crippen molar-refractivity contribution in [3.63, 3.8) is 0 Å². The van der Waals surface area contributed by atoms with Gasteiger partial charge in [-0.25, -0.2) is 4.68 Å². The third kappa shape index (κ3) is 5.34. The number of amides is 1.